The smallest absolute Gasteiger partial charge is 0.122 e. The minimum Gasteiger partial charge on any atom is -0.493 e. The zero-order valence-electron chi connectivity index (χ0n) is 9.21. The third-order valence-corrected chi connectivity index (χ3v) is 3.00. The fourth-order valence-corrected chi connectivity index (χ4v) is 2.18. The van der Waals surface area contributed by atoms with Gasteiger partial charge in [-0.05, 0) is 31.5 Å². The molecule has 0 radical (unpaired) electrons. The molecule has 1 aliphatic heterocycles. The highest BCUT2D eigenvalue weighted by molar-refractivity contribution is 6.31. The molecule has 0 aromatic heterocycles. The number of halogens is 1. The summed E-state index contributed by atoms with van der Waals surface area (Å²) >= 11 is 5.90. The van der Waals surface area contributed by atoms with Gasteiger partial charge >= 0.3 is 0 Å². The van der Waals surface area contributed by atoms with Crippen LogP contribution in [-0.2, 0) is 0 Å². The van der Waals surface area contributed by atoms with Crippen molar-refractivity contribution < 1.29 is 4.74 Å². The lowest BCUT2D eigenvalue weighted by Crippen LogP contribution is -2.33. The lowest BCUT2D eigenvalue weighted by atomic mass is 10.0. The first-order valence-corrected chi connectivity index (χ1v) is 6.01. The van der Waals surface area contributed by atoms with Crippen LogP contribution in [-0.4, -0.2) is 19.7 Å². The molecule has 2 rings (SSSR count). The van der Waals surface area contributed by atoms with E-state index in [1.165, 1.54) is 12.8 Å². The van der Waals surface area contributed by atoms with E-state index >= 15 is 0 Å². The van der Waals surface area contributed by atoms with Gasteiger partial charge in [-0.3, -0.25) is 0 Å². The first kappa shape index (κ1) is 11.6. The van der Waals surface area contributed by atoms with Crippen LogP contribution < -0.4 is 15.8 Å². The summed E-state index contributed by atoms with van der Waals surface area (Å²) in [6, 6.07) is 5.33. The third-order valence-electron chi connectivity index (χ3n) is 2.78. The van der Waals surface area contributed by atoms with Gasteiger partial charge in [0, 0.05) is 29.2 Å². The van der Waals surface area contributed by atoms with E-state index in [9.17, 15) is 0 Å². The monoisotopic (exact) mass is 240 g/mol. The van der Waals surface area contributed by atoms with Crippen LogP contribution >= 0.6 is 11.6 Å². The molecule has 88 valence electrons. The van der Waals surface area contributed by atoms with Gasteiger partial charge in [0.05, 0.1) is 6.61 Å². The van der Waals surface area contributed by atoms with Crippen molar-refractivity contribution in [3.05, 3.63) is 23.2 Å². The zero-order chi connectivity index (χ0) is 11.4. The number of hydrogen-bond acceptors (Lipinski definition) is 3. The molecule has 0 amide bonds. The van der Waals surface area contributed by atoms with Gasteiger partial charge in [0.2, 0.25) is 0 Å². The molecule has 3 N–H and O–H groups in total. The Morgan fingerprint density at radius 1 is 1.44 bits per heavy atom. The Bertz CT molecular complexity index is 331. The quantitative estimate of drug-likeness (QED) is 0.797. The second kappa shape index (κ2) is 5.41. The highest BCUT2D eigenvalue weighted by Gasteiger charge is 2.13. The van der Waals surface area contributed by atoms with E-state index in [-0.39, 0.29) is 0 Å². The number of piperidine rings is 1. The molecule has 1 aromatic rings. The molecular weight excluding hydrogens is 224 g/mol. The van der Waals surface area contributed by atoms with Crippen LogP contribution in [0.25, 0.3) is 0 Å². The van der Waals surface area contributed by atoms with E-state index in [4.69, 9.17) is 22.1 Å². The Labute approximate surface area is 101 Å². The van der Waals surface area contributed by atoms with Crippen LogP contribution in [0.2, 0.25) is 5.02 Å². The molecule has 3 nitrogen and oxygen atoms in total. The molecule has 0 bridgehead atoms. The number of nitrogens with two attached hydrogens (primary N) is 1. The SMILES string of the molecule is Nc1cc(Cl)cc(OCC2CCCNC2)c1. The maximum Gasteiger partial charge on any atom is 0.122 e. The Morgan fingerprint density at radius 3 is 3.00 bits per heavy atom. The molecule has 1 fully saturated rings. The molecule has 0 spiro atoms. The highest BCUT2D eigenvalue weighted by atomic mass is 35.5. The van der Waals surface area contributed by atoms with E-state index in [0.717, 1.165) is 25.4 Å². The maximum atomic E-state index is 5.90. The van der Waals surface area contributed by atoms with E-state index in [1.54, 1.807) is 12.1 Å². The summed E-state index contributed by atoms with van der Waals surface area (Å²) in [7, 11) is 0. The summed E-state index contributed by atoms with van der Waals surface area (Å²) in [5.41, 5.74) is 6.33. The van der Waals surface area contributed by atoms with Crippen LogP contribution in [0.5, 0.6) is 5.75 Å². The van der Waals surface area contributed by atoms with Gasteiger partial charge in [0.1, 0.15) is 5.75 Å². The van der Waals surface area contributed by atoms with Crippen LogP contribution in [0, 0.1) is 5.92 Å². The standard InChI is InChI=1S/C12H17ClN2O/c13-10-4-11(14)6-12(5-10)16-8-9-2-1-3-15-7-9/h4-6,9,15H,1-3,7-8,14H2. The fourth-order valence-electron chi connectivity index (χ4n) is 1.95. The molecule has 0 saturated carbocycles. The second-order valence-corrected chi connectivity index (χ2v) is 4.68. The van der Waals surface area contributed by atoms with Gasteiger partial charge in [0.15, 0.2) is 0 Å². The summed E-state index contributed by atoms with van der Waals surface area (Å²) in [6.07, 6.45) is 2.45. The average Bonchev–Trinajstić information content (AvgIpc) is 2.27. The van der Waals surface area contributed by atoms with E-state index < -0.39 is 0 Å². The molecule has 1 aliphatic rings. The van der Waals surface area contributed by atoms with E-state index in [2.05, 4.69) is 5.32 Å². The van der Waals surface area contributed by atoms with E-state index in [1.807, 2.05) is 6.07 Å². The van der Waals surface area contributed by atoms with Crippen molar-refractivity contribution in [2.75, 3.05) is 25.4 Å². The number of ether oxygens (including phenoxy) is 1. The fraction of sp³-hybridized carbons (Fsp3) is 0.500. The number of hydrogen-bond donors (Lipinski definition) is 2. The van der Waals surface area contributed by atoms with Crippen molar-refractivity contribution in [2.45, 2.75) is 12.8 Å². The largest absolute Gasteiger partial charge is 0.493 e. The summed E-state index contributed by atoms with van der Waals surface area (Å²) < 4.78 is 5.70. The summed E-state index contributed by atoms with van der Waals surface area (Å²) in [5, 5.41) is 3.99. The molecule has 1 unspecified atom stereocenters. The van der Waals surface area contributed by atoms with Gasteiger partial charge in [-0.1, -0.05) is 11.6 Å². The van der Waals surface area contributed by atoms with Crippen molar-refractivity contribution in [1.29, 1.82) is 0 Å². The van der Waals surface area contributed by atoms with Gasteiger partial charge in [0.25, 0.3) is 0 Å². The van der Waals surface area contributed by atoms with Crippen molar-refractivity contribution in [3.63, 3.8) is 0 Å². The predicted octanol–water partition coefficient (Wildman–Crippen LogP) is 2.30. The Hall–Kier alpha value is -0.930. The van der Waals surface area contributed by atoms with Crippen LogP contribution in [0.1, 0.15) is 12.8 Å². The Balaban J connectivity index is 1.88. The summed E-state index contributed by atoms with van der Waals surface area (Å²) in [6.45, 7) is 2.89. The average molecular weight is 241 g/mol. The first-order chi connectivity index (χ1) is 7.74. The molecule has 0 aliphatic carbocycles. The number of rotatable bonds is 3. The van der Waals surface area contributed by atoms with Crippen molar-refractivity contribution >= 4 is 17.3 Å². The normalized spacial score (nSPS) is 20.7. The zero-order valence-corrected chi connectivity index (χ0v) is 9.96. The lowest BCUT2D eigenvalue weighted by molar-refractivity contribution is 0.218. The number of anilines is 1. The number of nitrogen functional groups attached to an aromatic ring is 1. The number of nitrogens with one attached hydrogen (secondary N) is 1. The van der Waals surface area contributed by atoms with Crippen LogP contribution in [0.15, 0.2) is 18.2 Å². The minimum absolute atomic E-state index is 0.592. The van der Waals surface area contributed by atoms with Crippen LogP contribution in [0.4, 0.5) is 5.69 Å². The van der Waals surface area contributed by atoms with Gasteiger partial charge in [-0.15, -0.1) is 0 Å². The number of benzene rings is 1. The molecular formula is C12H17ClN2O. The molecule has 1 heterocycles. The molecule has 4 heteroatoms. The van der Waals surface area contributed by atoms with Gasteiger partial charge in [-0.25, -0.2) is 0 Å². The second-order valence-electron chi connectivity index (χ2n) is 4.24. The van der Waals surface area contributed by atoms with Gasteiger partial charge < -0.3 is 15.8 Å². The van der Waals surface area contributed by atoms with Crippen molar-refractivity contribution in [2.24, 2.45) is 5.92 Å². The topological polar surface area (TPSA) is 47.3 Å². The third kappa shape index (κ3) is 3.29. The molecule has 1 atom stereocenters. The van der Waals surface area contributed by atoms with Crippen molar-refractivity contribution in [3.8, 4) is 5.75 Å². The Kier molecular flexibility index (Phi) is 3.91. The summed E-state index contributed by atoms with van der Waals surface area (Å²) in [5.74, 6) is 1.35. The maximum absolute atomic E-state index is 5.90. The molecule has 1 saturated heterocycles. The summed E-state index contributed by atoms with van der Waals surface area (Å²) in [4.78, 5) is 0. The minimum atomic E-state index is 0.592. The molecule has 16 heavy (non-hydrogen) atoms. The van der Waals surface area contributed by atoms with Crippen LogP contribution in [0.3, 0.4) is 0 Å². The van der Waals surface area contributed by atoms with E-state index in [0.29, 0.717) is 16.6 Å². The molecule has 1 aromatic carbocycles. The highest BCUT2D eigenvalue weighted by Crippen LogP contribution is 2.23. The first-order valence-electron chi connectivity index (χ1n) is 5.63. The Morgan fingerprint density at radius 2 is 2.31 bits per heavy atom. The lowest BCUT2D eigenvalue weighted by Gasteiger charge is -2.22. The van der Waals surface area contributed by atoms with Crippen molar-refractivity contribution in [1.82, 2.24) is 5.32 Å². The van der Waals surface area contributed by atoms with Gasteiger partial charge in [-0.2, -0.15) is 0 Å². The predicted molar refractivity (Wildman–Crippen MR) is 67.0 cm³/mol.